The van der Waals surface area contributed by atoms with Crippen molar-refractivity contribution in [3.63, 3.8) is 0 Å². The van der Waals surface area contributed by atoms with Gasteiger partial charge in [0.1, 0.15) is 5.94 Å². The summed E-state index contributed by atoms with van der Waals surface area (Å²) in [7, 11) is 1.48. The molecule has 18 heavy (non-hydrogen) atoms. The van der Waals surface area contributed by atoms with Gasteiger partial charge in [-0.2, -0.15) is 0 Å². The molecule has 0 aliphatic carbocycles. The molecule has 5 nitrogen and oxygen atoms in total. The van der Waals surface area contributed by atoms with Crippen molar-refractivity contribution in [3.05, 3.63) is 40.2 Å². The molecule has 0 bridgehead atoms. The number of hydrogen-bond donors (Lipinski definition) is 2. The molecule has 0 saturated heterocycles. The molecule has 0 saturated carbocycles. The van der Waals surface area contributed by atoms with Crippen molar-refractivity contribution in [3.8, 4) is 0 Å². The Morgan fingerprint density at radius 1 is 1.78 bits per heavy atom. The Labute approximate surface area is 108 Å². The van der Waals surface area contributed by atoms with E-state index in [4.69, 9.17) is 9.84 Å². The van der Waals surface area contributed by atoms with Crippen LogP contribution in [0.25, 0.3) is 0 Å². The summed E-state index contributed by atoms with van der Waals surface area (Å²) >= 11 is 1.34. The Morgan fingerprint density at radius 3 is 3.06 bits per heavy atom. The lowest BCUT2D eigenvalue weighted by Gasteiger charge is -2.18. The van der Waals surface area contributed by atoms with Gasteiger partial charge in [0, 0.05) is 29.3 Å². The summed E-state index contributed by atoms with van der Waals surface area (Å²) in [5, 5.41) is 13.5. The van der Waals surface area contributed by atoms with Crippen LogP contribution in [0.4, 0.5) is 0 Å². The summed E-state index contributed by atoms with van der Waals surface area (Å²) in [4.78, 5) is 21.6. The molecule has 0 radical (unpaired) electrons. The Bertz CT molecular complexity index is 488. The Kier molecular flexibility index (Phi) is 5.32. The van der Waals surface area contributed by atoms with E-state index in [0.29, 0.717) is 10.6 Å². The van der Waals surface area contributed by atoms with Gasteiger partial charge in [0.2, 0.25) is 0 Å². The van der Waals surface area contributed by atoms with Crippen LogP contribution in [-0.2, 0) is 20.7 Å². The number of hydrogen-bond acceptors (Lipinski definition) is 5. The number of aliphatic carboxylic acids is 1. The predicted octanol–water partition coefficient (Wildman–Crippen LogP) is 1.51. The highest BCUT2D eigenvalue weighted by Gasteiger charge is 2.17. The van der Waals surface area contributed by atoms with Crippen LogP contribution in [0.3, 0.4) is 0 Å². The third-order valence-corrected chi connectivity index (χ3v) is 3.10. The minimum absolute atomic E-state index is 0.0649. The summed E-state index contributed by atoms with van der Waals surface area (Å²) in [5.41, 5.74) is 1.08. The molecule has 0 aliphatic rings. The van der Waals surface area contributed by atoms with E-state index < -0.39 is 12.2 Å². The fraction of sp³-hybridized carbons (Fsp3) is 0.250. The van der Waals surface area contributed by atoms with Gasteiger partial charge in [-0.3, -0.25) is 4.79 Å². The molecule has 1 aromatic rings. The first-order chi connectivity index (χ1) is 8.58. The van der Waals surface area contributed by atoms with Crippen molar-refractivity contribution < 1.29 is 19.4 Å². The fourth-order valence-electron chi connectivity index (χ4n) is 1.41. The van der Waals surface area contributed by atoms with E-state index in [2.05, 4.69) is 11.9 Å². The summed E-state index contributed by atoms with van der Waals surface area (Å²) in [6, 6.07) is 1.78. The highest BCUT2D eigenvalue weighted by atomic mass is 32.1. The predicted molar refractivity (Wildman–Crippen MR) is 67.9 cm³/mol. The third-order valence-electron chi connectivity index (χ3n) is 2.16. The standard InChI is InChI=1S/C12H13NO4S/c1-8(3-5-14)13-12(17-2)9-4-6-18-10(9)7-11(15)16/h3-4,6,12-13H,1,7H2,2H3,(H,15,16). The first-order valence-corrected chi connectivity index (χ1v) is 5.93. The van der Waals surface area contributed by atoms with Crippen molar-refractivity contribution >= 4 is 23.2 Å². The second-order valence-corrected chi connectivity index (χ2v) is 4.42. The van der Waals surface area contributed by atoms with Crippen LogP contribution >= 0.6 is 11.3 Å². The number of thiophene rings is 1. The van der Waals surface area contributed by atoms with Crippen molar-refractivity contribution in [2.24, 2.45) is 0 Å². The van der Waals surface area contributed by atoms with E-state index in [9.17, 15) is 9.59 Å². The van der Waals surface area contributed by atoms with Crippen molar-refractivity contribution in [2.75, 3.05) is 7.11 Å². The molecule has 0 aromatic carbocycles. The number of rotatable bonds is 7. The van der Waals surface area contributed by atoms with Crippen molar-refractivity contribution in [1.29, 1.82) is 0 Å². The minimum atomic E-state index is -0.903. The van der Waals surface area contributed by atoms with Gasteiger partial charge in [-0.1, -0.05) is 6.58 Å². The van der Waals surface area contributed by atoms with E-state index in [1.165, 1.54) is 18.4 Å². The Morgan fingerprint density at radius 2 is 2.50 bits per heavy atom. The smallest absolute Gasteiger partial charge is 0.308 e. The number of carbonyl (C=O) groups excluding carboxylic acids is 1. The number of nitrogens with one attached hydrogen (secondary N) is 1. The van der Waals surface area contributed by atoms with Crippen LogP contribution in [0.5, 0.6) is 0 Å². The van der Waals surface area contributed by atoms with Gasteiger partial charge in [-0.05, 0) is 11.4 Å². The number of methoxy groups -OCH3 is 1. The maximum absolute atomic E-state index is 10.7. The maximum Gasteiger partial charge on any atom is 0.308 e. The number of carbonyl (C=O) groups is 1. The normalized spacial score (nSPS) is 11.4. The van der Waals surface area contributed by atoms with Crippen LogP contribution in [0.1, 0.15) is 16.7 Å². The van der Waals surface area contributed by atoms with Gasteiger partial charge in [-0.15, -0.1) is 11.3 Å². The monoisotopic (exact) mass is 267 g/mol. The summed E-state index contributed by atoms with van der Waals surface area (Å²) in [6.45, 7) is 3.61. The number of ether oxygens (including phenoxy) is 1. The lowest BCUT2D eigenvalue weighted by Crippen LogP contribution is -2.22. The number of carboxylic acid groups (broad SMARTS) is 1. The first kappa shape index (κ1) is 14.2. The molecular weight excluding hydrogens is 254 g/mol. The largest absolute Gasteiger partial charge is 0.481 e. The van der Waals surface area contributed by atoms with Crippen LogP contribution in [-0.4, -0.2) is 24.1 Å². The van der Waals surface area contributed by atoms with Crippen LogP contribution in [0.2, 0.25) is 0 Å². The van der Waals surface area contributed by atoms with Crippen LogP contribution in [0, 0.1) is 0 Å². The highest BCUT2D eigenvalue weighted by Crippen LogP contribution is 2.25. The molecule has 0 fully saturated rings. The molecule has 1 aromatic heterocycles. The summed E-state index contributed by atoms with van der Waals surface area (Å²) in [5.74, 6) is 0.702. The lowest BCUT2D eigenvalue weighted by molar-refractivity contribution is -0.136. The molecule has 0 spiro atoms. The highest BCUT2D eigenvalue weighted by molar-refractivity contribution is 7.10. The fourth-order valence-corrected chi connectivity index (χ4v) is 2.31. The van der Waals surface area contributed by atoms with Crippen molar-refractivity contribution in [1.82, 2.24) is 5.32 Å². The number of carboxylic acids is 1. The van der Waals surface area contributed by atoms with E-state index in [1.54, 1.807) is 17.4 Å². The second kappa shape index (κ2) is 6.76. The average molecular weight is 267 g/mol. The maximum atomic E-state index is 10.7. The molecule has 2 N–H and O–H groups in total. The van der Waals surface area contributed by atoms with E-state index in [-0.39, 0.29) is 6.42 Å². The van der Waals surface area contributed by atoms with Gasteiger partial charge in [0.05, 0.1) is 6.42 Å². The zero-order chi connectivity index (χ0) is 13.5. The molecule has 96 valence electrons. The second-order valence-electron chi connectivity index (χ2n) is 3.42. The number of allylic oxidation sites excluding steroid dienone is 1. The topological polar surface area (TPSA) is 75.6 Å². The molecular formula is C12H13NO4S. The molecule has 1 unspecified atom stereocenters. The van der Waals surface area contributed by atoms with Gasteiger partial charge < -0.3 is 15.2 Å². The van der Waals surface area contributed by atoms with Gasteiger partial charge in [0.25, 0.3) is 0 Å². The van der Waals surface area contributed by atoms with E-state index >= 15 is 0 Å². The molecule has 1 heterocycles. The lowest BCUT2D eigenvalue weighted by atomic mass is 10.2. The van der Waals surface area contributed by atoms with Crippen LogP contribution < -0.4 is 5.32 Å². The zero-order valence-corrected chi connectivity index (χ0v) is 10.6. The SMILES string of the molecule is C=C(C=C=O)NC(OC)c1ccsc1CC(=O)O. The van der Waals surface area contributed by atoms with E-state index in [1.807, 2.05) is 0 Å². The van der Waals surface area contributed by atoms with Gasteiger partial charge in [0.15, 0.2) is 6.23 Å². The average Bonchev–Trinajstić information content (AvgIpc) is 2.73. The van der Waals surface area contributed by atoms with Gasteiger partial charge >= 0.3 is 5.97 Å². The Balaban J connectivity index is 2.88. The zero-order valence-electron chi connectivity index (χ0n) is 9.80. The van der Waals surface area contributed by atoms with Crippen LogP contribution in [0.15, 0.2) is 29.8 Å². The quantitative estimate of drug-likeness (QED) is 0.445. The summed E-state index contributed by atoms with van der Waals surface area (Å²) < 4.78 is 5.23. The summed E-state index contributed by atoms with van der Waals surface area (Å²) in [6.07, 6.45) is 0.544. The van der Waals surface area contributed by atoms with Gasteiger partial charge in [-0.25, -0.2) is 4.79 Å². The minimum Gasteiger partial charge on any atom is -0.481 e. The molecule has 0 aliphatic heterocycles. The third kappa shape index (κ3) is 3.85. The molecule has 0 amide bonds. The Hall–Kier alpha value is -1.88. The first-order valence-electron chi connectivity index (χ1n) is 5.05. The van der Waals surface area contributed by atoms with Crippen molar-refractivity contribution in [2.45, 2.75) is 12.6 Å². The molecule has 6 heteroatoms. The van der Waals surface area contributed by atoms with E-state index in [0.717, 1.165) is 11.6 Å². The molecule has 1 atom stereocenters. The molecule has 1 rings (SSSR count).